The summed E-state index contributed by atoms with van der Waals surface area (Å²) < 4.78 is 13.5. The van der Waals surface area contributed by atoms with Crippen LogP contribution in [-0.2, 0) is 12.8 Å². The molecule has 0 radical (unpaired) electrons. The molecule has 1 N–H and O–H groups in total. The lowest BCUT2D eigenvalue weighted by molar-refractivity contribution is 0.0779. The fourth-order valence-electron chi connectivity index (χ4n) is 4.37. The van der Waals surface area contributed by atoms with Gasteiger partial charge in [0.05, 0.1) is 17.2 Å². The van der Waals surface area contributed by atoms with E-state index in [-0.39, 0.29) is 24.2 Å². The lowest BCUT2D eigenvalue weighted by Gasteiger charge is -2.28. The predicted octanol–water partition coefficient (Wildman–Crippen LogP) is 4.12. The van der Waals surface area contributed by atoms with Gasteiger partial charge in [-0.25, -0.2) is 4.39 Å². The topological polar surface area (TPSA) is 64.3 Å². The molecule has 29 heavy (non-hydrogen) atoms. The zero-order valence-corrected chi connectivity index (χ0v) is 17.0. The molecule has 0 heterocycles. The van der Waals surface area contributed by atoms with Crippen molar-refractivity contribution in [1.82, 2.24) is 4.90 Å². The number of nitrogens with zero attached hydrogens (tertiary/aromatic N) is 2. The number of carbonyl (C=O) groups excluding carboxylic acids is 1. The molecule has 1 aliphatic rings. The van der Waals surface area contributed by atoms with E-state index in [1.807, 2.05) is 13.0 Å². The lowest BCUT2D eigenvalue weighted by atomic mass is 9.85. The zero-order chi connectivity index (χ0) is 21.0. The Bertz CT molecular complexity index is 949. The van der Waals surface area contributed by atoms with Crippen molar-refractivity contribution in [1.29, 1.82) is 5.26 Å². The first kappa shape index (κ1) is 21.0. The highest BCUT2D eigenvalue weighted by Crippen LogP contribution is 2.29. The smallest absolute Gasteiger partial charge is 0.255 e. The van der Waals surface area contributed by atoms with Gasteiger partial charge in [0.15, 0.2) is 0 Å². The molecule has 0 aromatic heterocycles. The van der Waals surface area contributed by atoms with E-state index in [4.69, 9.17) is 0 Å². The second kappa shape index (κ2) is 9.19. The number of aliphatic hydroxyl groups excluding tert-OH is 1. The van der Waals surface area contributed by atoms with Crippen molar-refractivity contribution in [2.24, 2.45) is 0 Å². The number of benzene rings is 2. The van der Waals surface area contributed by atoms with Crippen LogP contribution in [0.25, 0.3) is 0 Å². The van der Waals surface area contributed by atoms with Crippen molar-refractivity contribution in [3.05, 3.63) is 69.5 Å². The maximum atomic E-state index is 13.5. The normalized spacial score (nSPS) is 14.0. The number of nitriles is 1. The summed E-state index contributed by atoms with van der Waals surface area (Å²) in [4.78, 5) is 15.0. The Balaban J connectivity index is 1.90. The fraction of sp³-hybridized carbons (Fsp3) is 0.417. The minimum atomic E-state index is -0.298. The number of carbonyl (C=O) groups is 1. The van der Waals surface area contributed by atoms with Crippen LogP contribution in [0.5, 0.6) is 0 Å². The third-order valence-corrected chi connectivity index (χ3v) is 5.86. The van der Waals surface area contributed by atoms with E-state index in [0.29, 0.717) is 24.1 Å². The van der Waals surface area contributed by atoms with E-state index >= 15 is 0 Å². The zero-order valence-electron chi connectivity index (χ0n) is 17.0. The van der Waals surface area contributed by atoms with Crippen LogP contribution in [0.2, 0.25) is 0 Å². The van der Waals surface area contributed by atoms with Crippen molar-refractivity contribution in [3.8, 4) is 6.07 Å². The number of aryl methyl sites for hydroxylation is 2. The molecule has 0 saturated carbocycles. The van der Waals surface area contributed by atoms with Crippen LogP contribution in [0.1, 0.15) is 63.4 Å². The Labute approximate surface area is 171 Å². The minimum Gasteiger partial charge on any atom is -0.396 e. The minimum absolute atomic E-state index is 0.0201. The van der Waals surface area contributed by atoms with Crippen molar-refractivity contribution in [2.75, 3.05) is 20.2 Å². The second-order valence-electron chi connectivity index (χ2n) is 7.84. The monoisotopic (exact) mass is 394 g/mol. The van der Waals surface area contributed by atoms with Crippen LogP contribution in [0.3, 0.4) is 0 Å². The van der Waals surface area contributed by atoms with Gasteiger partial charge in [0.25, 0.3) is 5.91 Å². The van der Waals surface area contributed by atoms with Crippen LogP contribution < -0.4 is 0 Å². The second-order valence-corrected chi connectivity index (χ2v) is 7.84. The van der Waals surface area contributed by atoms with E-state index in [1.165, 1.54) is 12.1 Å². The molecular formula is C24H27FN2O2. The van der Waals surface area contributed by atoms with Gasteiger partial charge < -0.3 is 10.0 Å². The van der Waals surface area contributed by atoms with Crippen LogP contribution in [-0.4, -0.2) is 36.1 Å². The SMILES string of the molecule is Cc1cc(F)ccc1C(CCO)CN(C)C(=O)c1c(C#N)ccc2c1CCCC2. The number of fused-ring (bicyclic) bond motifs is 1. The molecule has 0 aliphatic heterocycles. The number of hydrogen-bond donors (Lipinski definition) is 1. The summed E-state index contributed by atoms with van der Waals surface area (Å²) in [6.07, 6.45) is 4.35. The van der Waals surface area contributed by atoms with E-state index in [1.54, 1.807) is 24.1 Å². The number of likely N-dealkylation sites (N-methyl/N-ethyl adjacent to an activating group) is 1. The first-order valence-corrected chi connectivity index (χ1v) is 10.1. The Morgan fingerprint density at radius 1 is 1.28 bits per heavy atom. The highest BCUT2D eigenvalue weighted by molar-refractivity contribution is 5.98. The van der Waals surface area contributed by atoms with Crippen molar-refractivity contribution in [2.45, 2.75) is 44.9 Å². The number of halogens is 1. The van der Waals surface area contributed by atoms with Gasteiger partial charge in [-0.15, -0.1) is 0 Å². The molecule has 5 heteroatoms. The van der Waals surface area contributed by atoms with E-state index in [9.17, 15) is 19.6 Å². The molecule has 1 unspecified atom stereocenters. The molecule has 2 aromatic rings. The fourth-order valence-corrected chi connectivity index (χ4v) is 4.37. The van der Waals surface area contributed by atoms with Gasteiger partial charge in [0, 0.05) is 26.1 Å². The molecule has 3 rings (SSSR count). The third-order valence-electron chi connectivity index (χ3n) is 5.86. The summed E-state index contributed by atoms with van der Waals surface area (Å²) >= 11 is 0. The predicted molar refractivity (Wildman–Crippen MR) is 110 cm³/mol. The highest BCUT2D eigenvalue weighted by Gasteiger charge is 2.26. The van der Waals surface area contributed by atoms with Crippen LogP contribution in [0, 0.1) is 24.1 Å². The maximum absolute atomic E-state index is 13.5. The summed E-state index contributed by atoms with van der Waals surface area (Å²) in [7, 11) is 1.73. The Hall–Kier alpha value is -2.71. The number of amides is 1. The summed E-state index contributed by atoms with van der Waals surface area (Å²) in [5.41, 5.74) is 4.83. The quantitative estimate of drug-likeness (QED) is 0.801. The molecule has 0 bridgehead atoms. The van der Waals surface area contributed by atoms with E-state index in [0.717, 1.165) is 47.9 Å². The first-order valence-electron chi connectivity index (χ1n) is 10.1. The molecule has 152 valence electrons. The van der Waals surface area contributed by atoms with Crippen molar-refractivity contribution < 1.29 is 14.3 Å². The number of hydrogen-bond acceptors (Lipinski definition) is 3. The van der Waals surface area contributed by atoms with E-state index in [2.05, 4.69) is 6.07 Å². The molecule has 1 amide bonds. The Kier molecular flexibility index (Phi) is 6.66. The van der Waals surface area contributed by atoms with Crippen LogP contribution >= 0.6 is 0 Å². The average Bonchev–Trinajstić information content (AvgIpc) is 2.72. The summed E-state index contributed by atoms with van der Waals surface area (Å²) in [6, 6.07) is 10.5. The van der Waals surface area contributed by atoms with Crippen molar-refractivity contribution in [3.63, 3.8) is 0 Å². The highest BCUT2D eigenvalue weighted by atomic mass is 19.1. The molecule has 0 spiro atoms. The molecular weight excluding hydrogens is 367 g/mol. The first-order chi connectivity index (χ1) is 14.0. The number of rotatable bonds is 6. The summed E-state index contributed by atoms with van der Waals surface area (Å²) in [6.45, 7) is 2.21. The molecule has 2 aromatic carbocycles. The molecule has 1 atom stereocenters. The molecule has 1 aliphatic carbocycles. The van der Waals surface area contributed by atoms with E-state index < -0.39 is 0 Å². The average molecular weight is 394 g/mol. The van der Waals surface area contributed by atoms with Crippen LogP contribution in [0.15, 0.2) is 30.3 Å². The summed E-state index contributed by atoms with van der Waals surface area (Å²) in [5.74, 6) is -0.573. The largest absolute Gasteiger partial charge is 0.396 e. The molecule has 0 saturated heterocycles. The summed E-state index contributed by atoms with van der Waals surface area (Å²) in [5, 5.41) is 19.1. The van der Waals surface area contributed by atoms with Gasteiger partial charge >= 0.3 is 0 Å². The molecule has 0 fully saturated rings. The van der Waals surface area contributed by atoms with Gasteiger partial charge in [-0.05, 0) is 79.5 Å². The Morgan fingerprint density at radius 3 is 2.72 bits per heavy atom. The molecule has 4 nitrogen and oxygen atoms in total. The van der Waals surface area contributed by atoms with Gasteiger partial charge in [0.2, 0.25) is 0 Å². The lowest BCUT2D eigenvalue weighted by Crippen LogP contribution is -2.33. The van der Waals surface area contributed by atoms with Gasteiger partial charge in [-0.3, -0.25) is 4.79 Å². The van der Waals surface area contributed by atoms with Gasteiger partial charge in [-0.2, -0.15) is 5.26 Å². The van der Waals surface area contributed by atoms with Crippen molar-refractivity contribution >= 4 is 5.91 Å². The standard InChI is InChI=1S/C24H27FN2O2/c1-16-13-20(25)9-10-21(16)19(11-12-28)15-27(2)24(29)23-18(14-26)8-7-17-5-3-4-6-22(17)23/h7-10,13,19,28H,3-6,11-12,15H2,1-2H3. The Morgan fingerprint density at radius 2 is 2.03 bits per heavy atom. The van der Waals surface area contributed by atoms with Crippen LogP contribution in [0.4, 0.5) is 4.39 Å². The van der Waals surface area contributed by atoms with Gasteiger partial charge in [-0.1, -0.05) is 12.1 Å². The third kappa shape index (κ3) is 4.49. The number of aliphatic hydroxyl groups is 1. The maximum Gasteiger partial charge on any atom is 0.255 e. The van der Waals surface area contributed by atoms with Gasteiger partial charge in [0.1, 0.15) is 5.82 Å².